The summed E-state index contributed by atoms with van der Waals surface area (Å²) in [6.07, 6.45) is 6.55. The van der Waals surface area contributed by atoms with Crippen molar-refractivity contribution in [2.45, 2.75) is 25.9 Å². The molecule has 1 unspecified atom stereocenters. The molecule has 1 aromatic rings. The molecule has 1 aromatic heterocycles. The van der Waals surface area contributed by atoms with Gasteiger partial charge in [0.15, 0.2) is 0 Å². The molecule has 2 saturated heterocycles. The topological polar surface area (TPSA) is 67.3 Å². The summed E-state index contributed by atoms with van der Waals surface area (Å²) in [5.74, 6) is 0.710. The first-order valence-corrected chi connectivity index (χ1v) is 9.40. The fraction of sp³-hybridized carbons (Fsp3) is 0.500. The summed E-state index contributed by atoms with van der Waals surface area (Å²) >= 11 is 3.37. The van der Waals surface area contributed by atoms with E-state index in [2.05, 4.69) is 49.1 Å². The number of rotatable bonds is 3. The molecule has 132 valence electrons. The molecule has 2 aliphatic heterocycles. The van der Waals surface area contributed by atoms with Crippen LogP contribution >= 0.6 is 15.9 Å². The SMILES string of the molecule is CC1=C2COC(=O)C2CC=C1[C@@H]1CN(Cc2ncc(Br)cn2)CCN1. The molecule has 4 rings (SSSR count). The normalized spacial score (nSPS) is 27.1. The number of aromatic nitrogens is 2. The van der Waals surface area contributed by atoms with Crippen molar-refractivity contribution in [2.75, 3.05) is 26.2 Å². The van der Waals surface area contributed by atoms with Crippen LogP contribution in [0.2, 0.25) is 0 Å². The van der Waals surface area contributed by atoms with E-state index in [0.29, 0.717) is 6.61 Å². The molecule has 6 nitrogen and oxygen atoms in total. The fourth-order valence-electron chi connectivity index (χ4n) is 3.87. The number of esters is 1. The van der Waals surface area contributed by atoms with Crippen LogP contribution < -0.4 is 5.32 Å². The molecule has 1 aliphatic carbocycles. The van der Waals surface area contributed by atoms with E-state index in [0.717, 1.165) is 48.5 Å². The molecule has 0 radical (unpaired) electrons. The zero-order valence-electron chi connectivity index (χ0n) is 14.2. The van der Waals surface area contributed by atoms with Crippen LogP contribution in [0, 0.1) is 5.92 Å². The Bertz CT molecular complexity index is 744. The van der Waals surface area contributed by atoms with E-state index in [1.165, 1.54) is 11.1 Å². The van der Waals surface area contributed by atoms with E-state index in [4.69, 9.17) is 4.74 Å². The third kappa shape index (κ3) is 3.41. The van der Waals surface area contributed by atoms with Crippen LogP contribution in [0.3, 0.4) is 0 Å². The van der Waals surface area contributed by atoms with Crippen LogP contribution in [0.25, 0.3) is 0 Å². The van der Waals surface area contributed by atoms with Gasteiger partial charge in [0.1, 0.15) is 12.4 Å². The van der Waals surface area contributed by atoms with Gasteiger partial charge in [-0.15, -0.1) is 0 Å². The number of cyclic esters (lactones) is 1. The van der Waals surface area contributed by atoms with Gasteiger partial charge < -0.3 is 10.1 Å². The minimum Gasteiger partial charge on any atom is -0.461 e. The maximum absolute atomic E-state index is 11.8. The van der Waals surface area contributed by atoms with Crippen molar-refractivity contribution >= 4 is 21.9 Å². The van der Waals surface area contributed by atoms with Gasteiger partial charge in [0.2, 0.25) is 0 Å². The Kier molecular flexibility index (Phi) is 4.71. The van der Waals surface area contributed by atoms with Crippen LogP contribution in [-0.2, 0) is 16.1 Å². The average molecular weight is 405 g/mol. The number of nitrogens with one attached hydrogen (secondary N) is 1. The first kappa shape index (κ1) is 16.9. The predicted octanol–water partition coefficient (Wildman–Crippen LogP) is 1.83. The van der Waals surface area contributed by atoms with Gasteiger partial charge in [-0.05, 0) is 46.0 Å². The standard InChI is InChI=1S/C18H21BrN4O2/c1-11-13(2-3-14-15(11)10-25-18(14)24)16-8-23(5-4-20-16)9-17-21-6-12(19)7-22-17/h2,6-7,14,16,20H,3-5,8-10H2,1H3/t14?,16-/m0/s1. The van der Waals surface area contributed by atoms with Gasteiger partial charge in [0, 0.05) is 38.1 Å². The smallest absolute Gasteiger partial charge is 0.313 e. The Morgan fingerprint density at radius 1 is 1.40 bits per heavy atom. The molecule has 0 amide bonds. The van der Waals surface area contributed by atoms with Gasteiger partial charge in [0.25, 0.3) is 0 Å². The van der Waals surface area contributed by atoms with E-state index in [1.807, 2.05) is 0 Å². The first-order valence-electron chi connectivity index (χ1n) is 8.60. The maximum atomic E-state index is 11.8. The molecule has 0 aromatic carbocycles. The number of fused-ring (bicyclic) bond motifs is 1. The van der Waals surface area contributed by atoms with Crippen molar-refractivity contribution in [3.8, 4) is 0 Å². The number of piperazine rings is 1. The summed E-state index contributed by atoms with van der Waals surface area (Å²) in [6, 6.07) is 0.272. The van der Waals surface area contributed by atoms with Gasteiger partial charge in [0.05, 0.1) is 16.9 Å². The van der Waals surface area contributed by atoms with E-state index in [-0.39, 0.29) is 17.9 Å². The summed E-state index contributed by atoms with van der Waals surface area (Å²) in [6.45, 7) is 6.14. The van der Waals surface area contributed by atoms with Gasteiger partial charge in [-0.2, -0.15) is 0 Å². The third-order valence-corrected chi connectivity index (χ3v) is 5.65. The summed E-state index contributed by atoms with van der Waals surface area (Å²) in [7, 11) is 0. The molecule has 3 heterocycles. The van der Waals surface area contributed by atoms with Gasteiger partial charge in [-0.3, -0.25) is 9.69 Å². The van der Waals surface area contributed by atoms with Gasteiger partial charge in [-0.25, -0.2) is 9.97 Å². The number of hydrogen-bond acceptors (Lipinski definition) is 6. The third-order valence-electron chi connectivity index (χ3n) is 5.24. The molecule has 3 aliphatic rings. The molecule has 0 saturated carbocycles. The monoisotopic (exact) mass is 404 g/mol. The van der Waals surface area contributed by atoms with Crippen molar-refractivity contribution < 1.29 is 9.53 Å². The molecular weight excluding hydrogens is 384 g/mol. The van der Waals surface area contributed by atoms with Crippen molar-refractivity contribution in [2.24, 2.45) is 5.92 Å². The molecule has 25 heavy (non-hydrogen) atoms. The van der Waals surface area contributed by atoms with E-state index in [9.17, 15) is 4.79 Å². The second-order valence-electron chi connectivity index (χ2n) is 6.77. The van der Waals surface area contributed by atoms with Crippen LogP contribution in [0.4, 0.5) is 0 Å². The van der Waals surface area contributed by atoms with Crippen molar-refractivity contribution in [3.05, 3.63) is 45.5 Å². The highest BCUT2D eigenvalue weighted by atomic mass is 79.9. The van der Waals surface area contributed by atoms with Crippen molar-refractivity contribution in [3.63, 3.8) is 0 Å². The number of halogens is 1. The Morgan fingerprint density at radius 2 is 2.20 bits per heavy atom. The highest BCUT2D eigenvalue weighted by Crippen LogP contribution is 2.36. The summed E-state index contributed by atoms with van der Waals surface area (Å²) in [5, 5.41) is 3.62. The van der Waals surface area contributed by atoms with Crippen molar-refractivity contribution in [1.29, 1.82) is 0 Å². The van der Waals surface area contributed by atoms with E-state index >= 15 is 0 Å². The zero-order chi connectivity index (χ0) is 17.4. The fourth-order valence-corrected chi connectivity index (χ4v) is 4.08. The van der Waals surface area contributed by atoms with Gasteiger partial charge >= 0.3 is 5.97 Å². The van der Waals surface area contributed by atoms with Crippen LogP contribution in [0.1, 0.15) is 19.2 Å². The largest absolute Gasteiger partial charge is 0.461 e. The second-order valence-corrected chi connectivity index (χ2v) is 7.68. The minimum absolute atomic E-state index is 0.0559. The molecule has 0 spiro atoms. The average Bonchev–Trinajstić information content (AvgIpc) is 3.00. The lowest BCUT2D eigenvalue weighted by molar-refractivity contribution is -0.141. The van der Waals surface area contributed by atoms with Gasteiger partial charge in [-0.1, -0.05) is 6.08 Å². The molecule has 1 N–H and O–H groups in total. The minimum atomic E-state index is -0.0738. The number of carbonyl (C=O) groups is 1. The molecule has 2 fully saturated rings. The predicted molar refractivity (Wildman–Crippen MR) is 96.6 cm³/mol. The van der Waals surface area contributed by atoms with Crippen molar-refractivity contribution in [1.82, 2.24) is 20.2 Å². The van der Waals surface area contributed by atoms with E-state index in [1.54, 1.807) is 12.4 Å². The lowest BCUT2D eigenvalue weighted by Crippen LogP contribution is -2.51. The van der Waals surface area contributed by atoms with E-state index < -0.39 is 0 Å². The molecular formula is C18H21BrN4O2. The molecule has 0 bridgehead atoms. The van der Waals surface area contributed by atoms with Crippen LogP contribution in [-0.4, -0.2) is 53.1 Å². The second kappa shape index (κ2) is 6.97. The Hall–Kier alpha value is -1.57. The molecule has 2 atom stereocenters. The Labute approximate surface area is 155 Å². The quantitative estimate of drug-likeness (QED) is 0.775. The number of allylic oxidation sites excluding steroid dienone is 1. The summed E-state index contributed by atoms with van der Waals surface area (Å²) < 4.78 is 6.13. The zero-order valence-corrected chi connectivity index (χ0v) is 15.8. The number of hydrogen-bond donors (Lipinski definition) is 1. The van der Waals surface area contributed by atoms with Crippen LogP contribution in [0.5, 0.6) is 0 Å². The number of nitrogens with zero attached hydrogens (tertiary/aromatic N) is 3. The Morgan fingerprint density at radius 3 is 3.00 bits per heavy atom. The lowest BCUT2D eigenvalue weighted by atomic mass is 9.82. The molecule has 7 heteroatoms. The lowest BCUT2D eigenvalue weighted by Gasteiger charge is -2.36. The summed E-state index contributed by atoms with van der Waals surface area (Å²) in [4.78, 5) is 22.9. The Balaban J connectivity index is 1.46. The van der Waals surface area contributed by atoms with Crippen LogP contribution in [0.15, 0.2) is 39.7 Å². The number of carbonyl (C=O) groups excluding carboxylic acids is 1. The summed E-state index contributed by atoms with van der Waals surface area (Å²) in [5.41, 5.74) is 3.70. The highest BCUT2D eigenvalue weighted by Gasteiger charge is 2.37. The first-order chi connectivity index (χ1) is 12.1. The highest BCUT2D eigenvalue weighted by molar-refractivity contribution is 9.10. The number of ether oxygens (including phenoxy) is 1. The maximum Gasteiger partial charge on any atom is 0.313 e.